The number of benzene rings is 1. The van der Waals surface area contributed by atoms with Crippen LogP contribution in [0.3, 0.4) is 0 Å². The summed E-state index contributed by atoms with van der Waals surface area (Å²) >= 11 is 0. The summed E-state index contributed by atoms with van der Waals surface area (Å²) in [6, 6.07) is 8.72. The fourth-order valence-corrected chi connectivity index (χ4v) is 1.93. The largest absolute Gasteiger partial charge is 0.325 e. The molecule has 1 heterocycles. The van der Waals surface area contributed by atoms with E-state index < -0.39 is 0 Å². The van der Waals surface area contributed by atoms with E-state index in [4.69, 9.17) is 5.26 Å². The fraction of sp³-hybridized carbons (Fsp3) is 0.385. The van der Waals surface area contributed by atoms with Gasteiger partial charge in [0.2, 0.25) is 5.91 Å². The maximum atomic E-state index is 12.0. The molecule has 5 nitrogen and oxygen atoms in total. The molecule has 2 N–H and O–H groups in total. The summed E-state index contributed by atoms with van der Waals surface area (Å²) in [7, 11) is 2.00. The van der Waals surface area contributed by atoms with Crippen LogP contribution in [0, 0.1) is 11.3 Å². The number of nitrogens with zero attached hydrogens (tertiary/aromatic N) is 2. The zero-order valence-electron chi connectivity index (χ0n) is 10.3. The summed E-state index contributed by atoms with van der Waals surface area (Å²) in [5.41, 5.74) is 1.30. The Morgan fingerprint density at radius 1 is 1.50 bits per heavy atom. The van der Waals surface area contributed by atoms with Crippen molar-refractivity contribution >= 4 is 11.6 Å². The van der Waals surface area contributed by atoms with Crippen LogP contribution < -0.4 is 10.6 Å². The van der Waals surface area contributed by atoms with Crippen molar-refractivity contribution in [1.29, 1.82) is 5.26 Å². The number of carbonyl (C=O) groups is 1. The van der Waals surface area contributed by atoms with Gasteiger partial charge in [-0.1, -0.05) is 0 Å². The molecule has 1 unspecified atom stereocenters. The van der Waals surface area contributed by atoms with Crippen molar-refractivity contribution in [2.75, 3.05) is 32.0 Å². The first-order valence-electron chi connectivity index (χ1n) is 5.92. The van der Waals surface area contributed by atoms with E-state index in [1.807, 2.05) is 13.1 Å². The molecule has 1 atom stereocenters. The predicted molar refractivity (Wildman–Crippen MR) is 69.1 cm³/mol. The van der Waals surface area contributed by atoms with Crippen molar-refractivity contribution in [1.82, 2.24) is 10.2 Å². The topological polar surface area (TPSA) is 68.2 Å². The highest BCUT2D eigenvalue weighted by atomic mass is 16.2. The van der Waals surface area contributed by atoms with Gasteiger partial charge in [0.25, 0.3) is 0 Å². The molecular formula is C13H16N4O. The third kappa shape index (κ3) is 3.06. The summed E-state index contributed by atoms with van der Waals surface area (Å²) in [6.45, 7) is 2.49. The summed E-state index contributed by atoms with van der Waals surface area (Å²) in [4.78, 5) is 14.1. The first-order chi connectivity index (χ1) is 8.69. The van der Waals surface area contributed by atoms with Crippen molar-refractivity contribution in [3.05, 3.63) is 29.8 Å². The van der Waals surface area contributed by atoms with E-state index in [0.29, 0.717) is 17.8 Å². The van der Waals surface area contributed by atoms with Crippen LogP contribution >= 0.6 is 0 Å². The minimum absolute atomic E-state index is 0.0359. The minimum Gasteiger partial charge on any atom is -0.325 e. The molecule has 0 saturated carbocycles. The van der Waals surface area contributed by atoms with E-state index in [9.17, 15) is 4.79 Å². The van der Waals surface area contributed by atoms with E-state index in [1.54, 1.807) is 24.3 Å². The quantitative estimate of drug-likeness (QED) is 0.790. The minimum atomic E-state index is -0.181. The molecule has 0 radical (unpaired) electrons. The molecule has 94 valence electrons. The summed E-state index contributed by atoms with van der Waals surface area (Å²) < 4.78 is 0. The summed E-state index contributed by atoms with van der Waals surface area (Å²) in [6.07, 6.45) is 0. The van der Waals surface area contributed by atoms with Gasteiger partial charge in [0.05, 0.1) is 17.7 Å². The third-order valence-corrected chi connectivity index (χ3v) is 2.98. The summed E-state index contributed by atoms with van der Waals surface area (Å²) in [5, 5.41) is 14.7. The zero-order chi connectivity index (χ0) is 13.0. The molecular weight excluding hydrogens is 228 g/mol. The lowest BCUT2D eigenvalue weighted by atomic mass is 10.2. The lowest BCUT2D eigenvalue weighted by Crippen LogP contribution is -2.54. The van der Waals surface area contributed by atoms with Crippen molar-refractivity contribution in [3.8, 4) is 6.07 Å². The number of nitriles is 1. The second-order valence-electron chi connectivity index (χ2n) is 4.45. The van der Waals surface area contributed by atoms with Crippen LogP contribution in [0.5, 0.6) is 0 Å². The van der Waals surface area contributed by atoms with Crippen molar-refractivity contribution in [2.45, 2.75) is 6.04 Å². The van der Waals surface area contributed by atoms with Gasteiger partial charge in [0.1, 0.15) is 0 Å². The average molecular weight is 244 g/mol. The highest BCUT2D eigenvalue weighted by Crippen LogP contribution is 2.09. The number of anilines is 1. The van der Waals surface area contributed by atoms with Gasteiger partial charge in [-0.25, -0.2) is 0 Å². The van der Waals surface area contributed by atoms with Crippen LogP contribution in [0.1, 0.15) is 5.56 Å². The van der Waals surface area contributed by atoms with Crippen LogP contribution in [-0.4, -0.2) is 43.5 Å². The van der Waals surface area contributed by atoms with Crippen LogP contribution in [0.25, 0.3) is 0 Å². The van der Waals surface area contributed by atoms with Crippen LogP contribution in [0.2, 0.25) is 0 Å². The predicted octanol–water partition coefficient (Wildman–Crippen LogP) is 0.400. The Balaban J connectivity index is 1.96. The van der Waals surface area contributed by atoms with E-state index in [2.05, 4.69) is 15.5 Å². The number of amides is 1. The van der Waals surface area contributed by atoms with Crippen LogP contribution in [-0.2, 0) is 4.79 Å². The number of piperazine rings is 1. The van der Waals surface area contributed by atoms with Gasteiger partial charge in [-0.05, 0) is 31.3 Å². The highest BCUT2D eigenvalue weighted by Gasteiger charge is 2.23. The van der Waals surface area contributed by atoms with Gasteiger partial charge in [-0.15, -0.1) is 0 Å². The smallest absolute Gasteiger partial charge is 0.242 e. The van der Waals surface area contributed by atoms with Gasteiger partial charge in [0.15, 0.2) is 0 Å². The molecule has 18 heavy (non-hydrogen) atoms. The fourth-order valence-electron chi connectivity index (χ4n) is 1.93. The maximum absolute atomic E-state index is 12.0. The molecule has 0 spiro atoms. The van der Waals surface area contributed by atoms with Gasteiger partial charge >= 0.3 is 0 Å². The Bertz CT molecular complexity index is 463. The molecule has 2 rings (SSSR count). The number of hydrogen-bond acceptors (Lipinski definition) is 4. The Labute approximate surface area is 106 Å². The zero-order valence-corrected chi connectivity index (χ0v) is 10.3. The number of rotatable bonds is 2. The molecule has 1 aromatic carbocycles. The second kappa shape index (κ2) is 5.63. The van der Waals surface area contributed by atoms with Gasteiger partial charge in [-0.2, -0.15) is 5.26 Å². The van der Waals surface area contributed by atoms with Gasteiger partial charge in [0, 0.05) is 25.3 Å². The number of likely N-dealkylation sites (N-methyl/N-ethyl adjacent to an activating group) is 1. The maximum Gasteiger partial charge on any atom is 0.242 e. The molecule has 1 aliphatic rings. The normalized spacial score (nSPS) is 20.1. The molecule has 1 aromatic rings. The molecule has 1 aliphatic heterocycles. The summed E-state index contributed by atoms with van der Waals surface area (Å²) in [5.74, 6) is -0.0359. The van der Waals surface area contributed by atoms with E-state index >= 15 is 0 Å². The van der Waals surface area contributed by atoms with E-state index in [1.165, 1.54) is 0 Å². The number of carbonyl (C=O) groups excluding carboxylic acids is 1. The molecule has 0 aromatic heterocycles. The highest BCUT2D eigenvalue weighted by molar-refractivity contribution is 5.95. The number of hydrogen-bond donors (Lipinski definition) is 2. The molecule has 1 amide bonds. The molecule has 5 heteroatoms. The Kier molecular flexibility index (Phi) is 3.92. The van der Waals surface area contributed by atoms with Crippen molar-refractivity contribution < 1.29 is 4.79 Å². The number of nitrogens with one attached hydrogen (secondary N) is 2. The molecule has 1 saturated heterocycles. The van der Waals surface area contributed by atoms with Crippen molar-refractivity contribution in [2.24, 2.45) is 0 Å². The van der Waals surface area contributed by atoms with E-state index in [0.717, 1.165) is 13.1 Å². The van der Waals surface area contributed by atoms with E-state index in [-0.39, 0.29) is 11.9 Å². The first-order valence-corrected chi connectivity index (χ1v) is 5.92. The average Bonchev–Trinajstić information content (AvgIpc) is 2.39. The standard InChI is InChI=1S/C13H16N4O/c1-17-7-6-15-12(9-17)13(18)16-11-4-2-10(8-14)3-5-11/h2-5,12,15H,6-7,9H2,1H3,(H,16,18). The first kappa shape index (κ1) is 12.6. The third-order valence-electron chi connectivity index (χ3n) is 2.98. The lowest BCUT2D eigenvalue weighted by Gasteiger charge is -2.29. The molecule has 1 fully saturated rings. The SMILES string of the molecule is CN1CCNC(C(=O)Nc2ccc(C#N)cc2)C1. The molecule has 0 aliphatic carbocycles. The molecule has 0 bridgehead atoms. The van der Waals surface area contributed by atoms with Crippen molar-refractivity contribution in [3.63, 3.8) is 0 Å². The van der Waals surface area contributed by atoms with Crippen LogP contribution in [0.4, 0.5) is 5.69 Å². The Morgan fingerprint density at radius 3 is 2.83 bits per heavy atom. The van der Waals surface area contributed by atoms with Crippen LogP contribution in [0.15, 0.2) is 24.3 Å². The second-order valence-corrected chi connectivity index (χ2v) is 4.45. The van der Waals surface area contributed by atoms with Gasteiger partial charge in [-0.3, -0.25) is 4.79 Å². The lowest BCUT2D eigenvalue weighted by molar-refractivity contribution is -0.119. The Hall–Kier alpha value is -1.90. The monoisotopic (exact) mass is 244 g/mol. The van der Waals surface area contributed by atoms with Gasteiger partial charge < -0.3 is 15.5 Å². The Morgan fingerprint density at radius 2 is 2.22 bits per heavy atom.